The summed E-state index contributed by atoms with van der Waals surface area (Å²) in [5, 5.41) is 5.00. The van der Waals surface area contributed by atoms with E-state index in [9.17, 15) is 0 Å². The standard InChI is InChI=1S/C58H40N2/c1-57(2)49-25-13-9-21-41(49)43-31-29-39(33-51(43)57)59-53-27-15-11-23-45(53)47-36-56-48(35-55(47)59)46-24-12-16-28-54(46)60(56)40-30-32-44-42-22-10-14-26-50(42)58(52(44)34-40,37-17-5-3-6-18-37)38-19-7-4-8-20-38/h3-36H,1-2H3. The Balaban J connectivity index is 1.08. The fourth-order valence-corrected chi connectivity index (χ4v) is 11.4. The molecule has 0 spiro atoms. The molecule has 0 amide bonds. The minimum absolute atomic E-state index is 0.0861. The number of benzene rings is 9. The number of para-hydroxylation sites is 2. The average molecular weight is 765 g/mol. The molecule has 0 aliphatic heterocycles. The molecule has 0 bridgehead atoms. The van der Waals surface area contributed by atoms with Crippen LogP contribution in [0.4, 0.5) is 0 Å². The summed E-state index contributed by atoms with van der Waals surface area (Å²) in [4.78, 5) is 0. The highest BCUT2D eigenvalue weighted by Gasteiger charge is 2.46. The molecule has 0 saturated heterocycles. The maximum atomic E-state index is 2.51. The number of hydrogen-bond donors (Lipinski definition) is 0. The van der Waals surface area contributed by atoms with Crippen molar-refractivity contribution in [2.45, 2.75) is 24.7 Å². The van der Waals surface area contributed by atoms with Gasteiger partial charge in [-0.3, -0.25) is 0 Å². The van der Waals surface area contributed by atoms with Crippen LogP contribution in [0, 0.1) is 0 Å². The van der Waals surface area contributed by atoms with E-state index in [1.165, 1.54) is 105 Å². The summed E-state index contributed by atoms with van der Waals surface area (Å²) in [5.74, 6) is 0. The number of rotatable bonds is 4. The molecule has 2 aromatic heterocycles. The quantitative estimate of drug-likeness (QED) is 0.169. The predicted molar refractivity (Wildman–Crippen MR) is 250 cm³/mol. The lowest BCUT2D eigenvalue weighted by molar-refractivity contribution is 0.660. The first-order valence-corrected chi connectivity index (χ1v) is 21.1. The highest BCUT2D eigenvalue weighted by Crippen LogP contribution is 2.57. The van der Waals surface area contributed by atoms with Crippen LogP contribution in [0.2, 0.25) is 0 Å². The highest BCUT2D eigenvalue weighted by molar-refractivity contribution is 6.19. The molecule has 282 valence electrons. The molecule has 0 fully saturated rings. The summed E-state index contributed by atoms with van der Waals surface area (Å²) in [6.45, 7) is 4.74. The van der Waals surface area contributed by atoms with E-state index in [0.29, 0.717) is 0 Å². The van der Waals surface area contributed by atoms with Crippen LogP contribution < -0.4 is 0 Å². The summed E-state index contributed by atoms with van der Waals surface area (Å²) >= 11 is 0. The predicted octanol–water partition coefficient (Wildman–Crippen LogP) is 14.6. The highest BCUT2D eigenvalue weighted by atomic mass is 15.0. The molecule has 0 N–H and O–H groups in total. The van der Waals surface area contributed by atoms with Crippen LogP contribution in [-0.2, 0) is 10.8 Å². The van der Waals surface area contributed by atoms with Crippen molar-refractivity contribution >= 4 is 43.6 Å². The van der Waals surface area contributed by atoms with Crippen molar-refractivity contribution in [3.63, 3.8) is 0 Å². The molecule has 0 saturated carbocycles. The van der Waals surface area contributed by atoms with Gasteiger partial charge in [-0.15, -0.1) is 0 Å². The molecule has 0 atom stereocenters. The van der Waals surface area contributed by atoms with Crippen molar-refractivity contribution in [2.24, 2.45) is 0 Å². The molecule has 2 heteroatoms. The Labute approximate surface area is 349 Å². The minimum atomic E-state index is -0.476. The normalized spacial score (nSPS) is 14.4. The minimum Gasteiger partial charge on any atom is -0.309 e. The zero-order valence-electron chi connectivity index (χ0n) is 33.5. The van der Waals surface area contributed by atoms with Crippen LogP contribution in [0.25, 0.3) is 77.2 Å². The largest absolute Gasteiger partial charge is 0.309 e. The fourth-order valence-electron chi connectivity index (χ4n) is 11.4. The number of nitrogens with zero attached hydrogens (tertiary/aromatic N) is 2. The summed E-state index contributed by atoms with van der Waals surface area (Å²) < 4.78 is 5.01. The Kier molecular flexibility index (Phi) is 6.74. The summed E-state index contributed by atoms with van der Waals surface area (Å²) in [6.07, 6.45) is 0. The van der Waals surface area contributed by atoms with E-state index in [4.69, 9.17) is 0 Å². The van der Waals surface area contributed by atoms with Crippen LogP contribution in [0.1, 0.15) is 47.2 Å². The molecule has 2 aliphatic carbocycles. The van der Waals surface area contributed by atoms with Crippen molar-refractivity contribution in [2.75, 3.05) is 0 Å². The Morgan fingerprint density at radius 3 is 1.28 bits per heavy atom. The van der Waals surface area contributed by atoms with Gasteiger partial charge in [0.1, 0.15) is 0 Å². The zero-order chi connectivity index (χ0) is 39.7. The van der Waals surface area contributed by atoms with Gasteiger partial charge < -0.3 is 9.13 Å². The number of hydrogen-bond acceptors (Lipinski definition) is 0. The average Bonchev–Trinajstić information content (AvgIpc) is 3.98. The van der Waals surface area contributed by atoms with Crippen molar-refractivity contribution < 1.29 is 0 Å². The van der Waals surface area contributed by atoms with E-state index in [1.807, 2.05) is 0 Å². The molecule has 2 nitrogen and oxygen atoms in total. The van der Waals surface area contributed by atoms with E-state index < -0.39 is 5.41 Å². The molecule has 9 aromatic carbocycles. The van der Waals surface area contributed by atoms with Crippen molar-refractivity contribution in [3.05, 3.63) is 240 Å². The Morgan fingerprint density at radius 1 is 0.300 bits per heavy atom. The first-order valence-electron chi connectivity index (χ1n) is 21.1. The van der Waals surface area contributed by atoms with Gasteiger partial charge in [0.2, 0.25) is 0 Å². The smallest absolute Gasteiger partial charge is 0.0714 e. The topological polar surface area (TPSA) is 9.86 Å². The molecular formula is C58H40N2. The maximum Gasteiger partial charge on any atom is 0.0714 e. The van der Waals surface area contributed by atoms with Crippen LogP contribution in [0.3, 0.4) is 0 Å². The lowest BCUT2D eigenvalue weighted by Gasteiger charge is -2.34. The third-order valence-corrected chi connectivity index (χ3v) is 14.0. The fraction of sp³-hybridized carbons (Fsp3) is 0.0690. The Morgan fingerprint density at radius 2 is 0.717 bits per heavy atom. The number of fused-ring (bicyclic) bond motifs is 12. The van der Waals surface area contributed by atoms with Gasteiger partial charge in [-0.25, -0.2) is 0 Å². The van der Waals surface area contributed by atoms with Crippen molar-refractivity contribution in [3.8, 4) is 33.6 Å². The van der Waals surface area contributed by atoms with Crippen molar-refractivity contribution in [1.29, 1.82) is 0 Å². The molecule has 11 aromatic rings. The summed E-state index contributed by atoms with van der Waals surface area (Å²) in [7, 11) is 0. The number of aromatic nitrogens is 2. The molecule has 0 radical (unpaired) electrons. The van der Waals surface area contributed by atoms with Crippen LogP contribution in [0.15, 0.2) is 206 Å². The molecule has 0 unspecified atom stereocenters. The zero-order valence-corrected chi connectivity index (χ0v) is 33.5. The maximum absolute atomic E-state index is 2.51. The van der Waals surface area contributed by atoms with Gasteiger partial charge in [-0.1, -0.05) is 172 Å². The van der Waals surface area contributed by atoms with Crippen LogP contribution in [-0.4, -0.2) is 9.13 Å². The van der Waals surface area contributed by atoms with E-state index in [2.05, 4.69) is 229 Å². The Hall–Kier alpha value is -7.42. The van der Waals surface area contributed by atoms with Gasteiger partial charge >= 0.3 is 0 Å². The second-order valence-electron chi connectivity index (χ2n) is 17.2. The third-order valence-electron chi connectivity index (χ3n) is 14.0. The van der Waals surface area contributed by atoms with Gasteiger partial charge in [0.25, 0.3) is 0 Å². The lowest BCUT2D eigenvalue weighted by Crippen LogP contribution is -2.28. The second kappa shape index (κ2) is 12.1. The summed E-state index contributed by atoms with van der Waals surface area (Å²) in [5.41, 5.74) is 19.9. The van der Waals surface area contributed by atoms with Crippen LogP contribution in [0.5, 0.6) is 0 Å². The molecular weight excluding hydrogens is 725 g/mol. The van der Waals surface area contributed by atoms with Gasteiger partial charge in [0, 0.05) is 38.3 Å². The monoisotopic (exact) mass is 764 g/mol. The van der Waals surface area contributed by atoms with E-state index in [1.54, 1.807) is 0 Å². The van der Waals surface area contributed by atoms with Crippen LogP contribution >= 0.6 is 0 Å². The van der Waals surface area contributed by atoms with E-state index in [0.717, 1.165) is 5.69 Å². The third kappa shape index (κ3) is 4.27. The summed E-state index contributed by atoms with van der Waals surface area (Å²) in [6, 6.07) is 77.2. The molecule has 2 aliphatic rings. The van der Waals surface area contributed by atoms with Gasteiger partial charge in [0.05, 0.1) is 27.5 Å². The first kappa shape index (κ1) is 33.5. The van der Waals surface area contributed by atoms with Crippen molar-refractivity contribution in [1.82, 2.24) is 9.13 Å². The molecule has 2 heterocycles. The SMILES string of the molecule is CC1(C)c2ccccc2-c2ccc(-n3c4ccccc4c4cc5c(cc43)c3ccccc3n5-c3ccc4c(c3)C(c3ccccc3)(c3ccccc3)c3ccccc3-4)cc21. The van der Waals surface area contributed by atoms with E-state index in [-0.39, 0.29) is 5.41 Å². The van der Waals surface area contributed by atoms with Gasteiger partial charge in [0.15, 0.2) is 0 Å². The van der Waals surface area contributed by atoms with Gasteiger partial charge in [-0.05, 0) is 104 Å². The molecule has 13 rings (SSSR count). The lowest BCUT2D eigenvalue weighted by atomic mass is 9.67. The first-order chi connectivity index (χ1) is 29.5. The van der Waals surface area contributed by atoms with E-state index >= 15 is 0 Å². The second-order valence-corrected chi connectivity index (χ2v) is 17.2. The Bertz CT molecular complexity index is 3520. The molecule has 60 heavy (non-hydrogen) atoms. The van der Waals surface area contributed by atoms with Gasteiger partial charge in [-0.2, -0.15) is 0 Å².